The van der Waals surface area contributed by atoms with Gasteiger partial charge in [0.2, 0.25) is 5.91 Å². The van der Waals surface area contributed by atoms with E-state index in [0.29, 0.717) is 25.1 Å². The lowest BCUT2D eigenvalue weighted by Crippen LogP contribution is -2.52. The molecule has 1 atom stereocenters. The Hall–Kier alpha value is -2.47. The molecule has 1 heterocycles. The van der Waals surface area contributed by atoms with Gasteiger partial charge in [0.25, 0.3) is 5.91 Å². The highest BCUT2D eigenvalue weighted by molar-refractivity contribution is 7.98. The first-order valence-corrected chi connectivity index (χ1v) is 12.7. The fraction of sp³-hybridized carbons (Fsp3) is 0.462. The van der Waals surface area contributed by atoms with Crippen LogP contribution in [0.25, 0.3) is 0 Å². The quantitative estimate of drug-likeness (QED) is 0.637. The molecular formula is C26H34N2O3S. The molecule has 0 spiro atoms. The summed E-state index contributed by atoms with van der Waals surface area (Å²) in [5, 5.41) is 2.98. The average Bonchev–Trinajstić information content (AvgIpc) is 2.79. The molecule has 6 heteroatoms. The largest absolute Gasteiger partial charge is 0.490 e. The number of ether oxygens (including phenoxy) is 1. The topological polar surface area (TPSA) is 58.6 Å². The summed E-state index contributed by atoms with van der Waals surface area (Å²) < 4.78 is 6.17. The summed E-state index contributed by atoms with van der Waals surface area (Å²) in [6.07, 6.45) is 4.32. The first kappa shape index (κ1) is 24.2. The van der Waals surface area contributed by atoms with Crippen molar-refractivity contribution in [3.63, 3.8) is 0 Å². The number of carbonyl (C=O) groups is 2. The number of amides is 2. The molecule has 0 aliphatic carbocycles. The van der Waals surface area contributed by atoms with Gasteiger partial charge in [-0.15, -0.1) is 0 Å². The van der Waals surface area contributed by atoms with Gasteiger partial charge in [-0.05, 0) is 74.6 Å². The number of rotatable bonds is 8. The molecule has 0 aromatic heterocycles. The van der Waals surface area contributed by atoms with E-state index in [-0.39, 0.29) is 17.9 Å². The molecule has 32 heavy (non-hydrogen) atoms. The molecule has 0 bridgehead atoms. The summed E-state index contributed by atoms with van der Waals surface area (Å²) in [5.74, 6) is 1.52. The third-order valence-corrected chi connectivity index (χ3v) is 6.67. The molecule has 172 valence electrons. The van der Waals surface area contributed by atoms with Gasteiger partial charge in [-0.3, -0.25) is 9.59 Å². The van der Waals surface area contributed by atoms with Gasteiger partial charge in [0.05, 0.1) is 0 Å². The van der Waals surface area contributed by atoms with E-state index in [2.05, 4.69) is 31.3 Å². The fourth-order valence-corrected chi connectivity index (χ4v) is 4.39. The van der Waals surface area contributed by atoms with E-state index < -0.39 is 6.04 Å². The van der Waals surface area contributed by atoms with Crippen molar-refractivity contribution in [3.05, 3.63) is 64.7 Å². The summed E-state index contributed by atoms with van der Waals surface area (Å²) in [7, 11) is 0. The highest BCUT2D eigenvalue weighted by Gasteiger charge is 2.30. The van der Waals surface area contributed by atoms with Crippen molar-refractivity contribution >= 4 is 23.6 Å². The molecular weight excluding hydrogens is 420 g/mol. The molecule has 5 nitrogen and oxygen atoms in total. The molecule has 0 saturated carbocycles. The van der Waals surface area contributed by atoms with Crippen LogP contribution in [0.15, 0.2) is 42.5 Å². The number of likely N-dealkylation sites (tertiary alicyclic amines) is 1. The number of thioether (sulfide) groups is 1. The molecule has 1 saturated heterocycles. The Kier molecular flexibility index (Phi) is 8.62. The van der Waals surface area contributed by atoms with Gasteiger partial charge in [-0.25, -0.2) is 0 Å². The van der Waals surface area contributed by atoms with Crippen LogP contribution in [0.2, 0.25) is 0 Å². The lowest BCUT2D eigenvalue weighted by atomic mass is 10.0. The first-order chi connectivity index (χ1) is 15.4. The van der Waals surface area contributed by atoms with Gasteiger partial charge >= 0.3 is 0 Å². The Bertz CT molecular complexity index is 938. The van der Waals surface area contributed by atoms with Crippen molar-refractivity contribution in [1.82, 2.24) is 10.2 Å². The molecule has 1 aliphatic heterocycles. The third-order valence-electron chi connectivity index (χ3n) is 6.03. The molecule has 2 aromatic rings. The number of carbonyl (C=O) groups excluding carboxylic acids is 2. The van der Waals surface area contributed by atoms with Crippen LogP contribution < -0.4 is 10.1 Å². The van der Waals surface area contributed by atoms with E-state index >= 15 is 0 Å². The maximum Gasteiger partial charge on any atom is 0.251 e. The summed E-state index contributed by atoms with van der Waals surface area (Å²) in [6, 6.07) is 13.1. The second-order valence-corrected chi connectivity index (χ2v) is 9.55. The van der Waals surface area contributed by atoms with E-state index in [0.717, 1.165) is 29.9 Å². The van der Waals surface area contributed by atoms with E-state index in [1.54, 1.807) is 17.8 Å². The zero-order valence-corrected chi connectivity index (χ0v) is 20.3. The van der Waals surface area contributed by atoms with Crippen molar-refractivity contribution in [2.75, 3.05) is 25.1 Å². The van der Waals surface area contributed by atoms with Gasteiger partial charge in [0.1, 0.15) is 17.9 Å². The zero-order valence-electron chi connectivity index (χ0n) is 19.5. The number of benzene rings is 2. The van der Waals surface area contributed by atoms with Gasteiger partial charge < -0.3 is 15.0 Å². The Morgan fingerprint density at radius 2 is 1.84 bits per heavy atom. The van der Waals surface area contributed by atoms with Crippen molar-refractivity contribution in [1.29, 1.82) is 0 Å². The Morgan fingerprint density at radius 3 is 2.50 bits per heavy atom. The maximum atomic E-state index is 13.2. The van der Waals surface area contributed by atoms with E-state index in [9.17, 15) is 9.59 Å². The lowest BCUT2D eigenvalue weighted by molar-refractivity contribution is -0.135. The summed E-state index contributed by atoms with van der Waals surface area (Å²) >= 11 is 1.68. The van der Waals surface area contributed by atoms with E-state index in [1.807, 2.05) is 42.3 Å². The number of nitrogens with one attached hydrogen (secondary N) is 1. The summed E-state index contributed by atoms with van der Waals surface area (Å²) in [4.78, 5) is 27.9. The van der Waals surface area contributed by atoms with Crippen molar-refractivity contribution < 1.29 is 14.3 Å². The van der Waals surface area contributed by atoms with Crippen LogP contribution in [0.5, 0.6) is 5.75 Å². The zero-order chi connectivity index (χ0) is 23.1. The molecule has 1 unspecified atom stereocenters. The average molecular weight is 455 g/mol. The predicted molar refractivity (Wildman–Crippen MR) is 132 cm³/mol. The molecule has 2 amide bonds. The number of piperidine rings is 1. The van der Waals surface area contributed by atoms with E-state index in [4.69, 9.17) is 4.74 Å². The molecule has 1 N–H and O–H groups in total. The predicted octanol–water partition coefficient (Wildman–Crippen LogP) is 4.53. The van der Waals surface area contributed by atoms with Crippen LogP contribution in [-0.2, 0) is 4.79 Å². The van der Waals surface area contributed by atoms with Crippen LogP contribution >= 0.6 is 11.8 Å². The number of hydrogen-bond donors (Lipinski definition) is 1. The minimum Gasteiger partial charge on any atom is -0.490 e. The Labute approximate surface area is 195 Å². The van der Waals surface area contributed by atoms with Crippen molar-refractivity contribution in [2.24, 2.45) is 0 Å². The number of hydrogen-bond acceptors (Lipinski definition) is 4. The Morgan fingerprint density at radius 1 is 1.09 bits per heavy atom. The minimum absolute atomic E-state index is 0.00434. The second kappa shape index (κ2) is 11.4. The smallest absolute Gasteiger partial charge is 0.251 e. The second-order valence-electron chi connectivity index (χ2n) is 8.57. The first-order valence-electron chi connectivity index (χ1n) is 11.3. The normalized spacial score (nSPS) is 15.3. The van der Waals surface area contributed by atoms with Gasteiger partial charge in [-0.1, -0.05) is 23.8 Å². The molecule has 1 aliphatic rings. The molecule has 0 radical (unpaired) electrons. The minimum atomic E-state index is -0.507. The van der Waals surface area contributed by atoms with Gasteiger partial charge in [0, 0.05) is 31.5 Å². The number of nitrogens with zero attached hydrogens (tertiary/aromatic N) is 1. The summed E-state index contributed by atoms with van der Waals surface area (Å²) in [6.45, 7) is 7.42. The lowest BCUT2D eigenvalue weighted by Gasteiger charge is -2.34. The molecule has 2 aromatic carbocycles. The summed E-state index contributed by atoms with van der Waals surface area (Å²) in [5.41, 5.74) is 4.08. The number of aryl methyl sites for hydroxylation is 3. The fourth-order valence-electron chi connectivity index (χ4n) is 3.92. The highest BCUT2D eigenvalue weighted by atomic mass is 32.2. The maximum absolute atomic E-state index is 13.2. The SMILES string of the molecule is CSCCC(NC(=O)c1cccc(C)c1)C(=O)N1CCC(Oc2ccc(C)c(C)c2)CC1. The Balaban J connectivity index is 1.58. The van der Waals surface area contributed by atoms with Crippen LogP contribution in [0, 0.1) is 20.8 Å². The molecule has 3 rings (SSSR count). The highest BCUT2D eigenvalue weighted by Crippen LogP contribution is 2.22. The van der Waals surface area contributed by atoms with Crippen LogP contribution in [-0.4, -0.2) is 54.0 Å². The van der Waals surface area contributed by atoms with Crippen molar-refractivity contribution in [2.45, 2.75) is 52.2 Å². The van der Waals surface area contributed by atoms with Gasteiger partial charge in [0.15, 0.2) is 0 Å². The van der Waals surface area contributed by atoms with Crippen LogP contribution in [0.1, 0.15) is 46.3 Å². The molecule has 1 fully saturated rings. The van der Waals surface area contributed by atoms with Crippen molar-refractivity contribution in [3.8, 4) is 5.75 Å². The van der Waals surface area contributed by atoms with Crippen LogP contribution in [0.4, 0.5) is 0 Å². The third kappa shape index (κ3) is 6.52. The van der Waals surface area contributed by atoms with Gasteiger partial charge in [-0.2, -0.15) is 11.8 Å². The van der Waals surface area contributed by atoms with Crippen LogP contribution in [0.3, 0.4) is 0 Å². The standard InChI is InChI=1S/C26H34N2O3S/c1-18-6-5-7-21(16-18)25(29)27-24(12-15-32-4)26(30)28-13-10-22(11-14-28)31-23-9-8-19(2)20(3)17-23/h5-9,16-17,22,24H,10-15H2,1-4H3,(H,27,29). The monoisotopic (exact) mass is 454 g/mol. The van der Waals surface area contributed by atoms with E-state index in [1.165, 1.54) is 11.1 Å².